The second kappa shape index (κ2) is 59.2. The van der Waals surface area contributed by atoms with E-state index in [2.05, 4.69) is 31.3 Å². The first-order valence-corrected chi connectivity index (χ1v) is 31.4. The first kappa shape index (κ1) is 67.6. The fourth-order valence-corrected chi connectivity index (χ4v) is 9.99. The summed E-state index contributed by atoms with van der Waals surface area (Å²) in [5, 5.41) is 23.3. The van der Waals surface area contributed by atoms with Gasteiger partial charge in [0.2, 0.25) is 5.91 Å². The highest BCUT2D eigenvalue weighted by Crippen LogP contribution is 2.18. The quantitative estimate of drug-likeness (QED) is 0.0321. The molecule has 2 unspecified atom stereocenters. The summed E-state index contributed by atoms with van der Waals surface area (Å²) in [6.45, 7) is 4.97. The Labute approximate surface area is 431 Å². The lowest BCUT2D eigenvalue weighted by Crippen LogP contribution is -2.45. The van der Waals surface area contributed by atoms with Gasteiger partial charge in [-0.1, -0.05) is 302 Å². The molecule has 0 bridgehead atoms. The number of hydrogen-bond acceptors (Lipinski definition) is 5. The van der Waals surface area contributed by atoms with Gasteiger partial charge in [-0.05, 0) is 51.4 Å². The van der Waals surface area contributed by atoms with Crippen molar-refractivity contribution in [2.24, 2.45) is 0 Å². The standard InChI is InChI=1S/C63H123NO5/c1-3-5-7-9-11-13-15-17-18-19-22-25-28-32-35-39-43-47-51-55-61(66)60(59-65)64-62(67)56-52-48-44-40-36-33-29-26-23-20-21-24-27-30-34-38-42-46-50-54-58-69-63(68)57-53-49-45-41-37-31-16-14-12-10-8-6-4-2/h20,23,60-61,65-66H,3-19,21-22,24-59H2,1-2H3,(H,64,67)/b23-20-. The van der Waals surface area contributed by atoms with Crippen LogP contribution in [0.5, 0.6) is 0 Å². The fourth-order valence-electron chi connectivity index (χ4n) is 9.99. The number of aliphatic hydroxyl groups excluding tert-OH is 2. The molecule has 6 nitrogen and oxygen atoms in total. The first-order chi connectivity index (χ1) is 34.0. The summed E-state index contributed by atoms with van der Waals surface area (Å²) in [5.74, 6) is -0.0314. The predicted octanol–water partition coefficient (Wildman–Crippen LogP) is 19.6. The van der Waals surface area contributed by atoms with Crippen molar-refractivity contribution >= 4 is 11.9 Å². The predicted molar refractivity (Wildman–Crippen MR) is 301 cm³/mol. The highest BCUT2D eigenvalue weighted by Gasteiger charge is 2.20. The van der Waals surface area contributed by atoms with Gasteiger partial charge in [-0.25, -0.2) is 0 Å². The van der Waals surface area contributed by atoms with Crippen molar-refractivity contribution in [1.29, 1.82) is 0 Å². The summed E-state index contributed by atoms with van der Waals surface area (Å²) in [4.78, 5) is 24.5. The van der Waals surface area contributed by atoms with Gasteiger partial charge in [-0.3, -0.25) is 9.59 Å². The van der Waals surface area contributed by atoms with Crippen LogP contribution >= 0.6 is 0 Å². The lowest BCUT2D eigenvalue weighted by molar-refractivity contribution is -0.143. The maximum Gasteiger partial charge on any atom is 0.305 e. The number of carbonyl (C=O) groups is 2. The van der Waals surface area contributed by atoms with Gasteiger partial charge in [0.1, 0.15) is 0 Å². The molecule has 0 aromatic rings. The van der Waals surface area contributed by atoms with Crippen molar-refractivity contribution in [1.82, 2.24) is 5.32 Å². The monoisotopic (exact) mass is 974 g/mol. The molecule has 410 valence electrons. The number of rotatable bonds is 59. The van der Waals surface area contributed by atoms with Crippen LogP contribution in [0.1, 0.15) is 354 Å². The minimum absolute atomic E-state index is 0.00863. The maximum atomic E-state index is 12.5. The van der Waals surface area contributed by atoms with Crippen LogP contribution in [0.3, 0.4) is 0 Å². The number of hydrogen-bond donors (Lipinski definition) is 3. The Morgan fingerprint density at radius 1 is 0.391 bits per heavy atom. The molecule has 1 amide bonds. The number of esters is 1. The minimum atomic E-state index is -0.670. The summed E-state index contributed by atoms with van der Waals surface area (Å²) in [7, 11) is 0. The molecular weight excluding hydrogens is 851 g/mol. The van der Waals surface area contributed by atoms with Crippen molar-refractivity contribution < 1.29 is 24.5 Å². The average molecular weight is 975 g/mol. The van der Waals surface area contributed by atoms with Gasteiger partial charge in [-0.15, -0.1) is 0 Å². The van der Waals surface area contributed by atoms with Gasteiger partial charge < -0.3 is 20.3 Å². The Balaban J connectivity index is 3.42. The van der Waals surface area contributed by atoms with Gasteiger partial charge in [0.15, 0.2) is 0 Å². The molecule has 0 aromatic carbocycles. The fraction of sp³-hybridized carbons (Fsp3) is 0.937. The summed E-state index contributed by atoms with van der Waals surface area (Å²) < 4.78 is 5.48. The number of ether oxygens (including phenoxy) is 1. The van der Waals surface area contributed by atoms with E-state index in [1.54, 1.807) is 0 Å². The van der Waals surface area contributed by atoms with Gasteiger partial charge in [0, 0.05) is 12.8 Å². The highest BCUT2D eigenvalue weighted by molar-refractivity contribution is 5.76. The normalized spacial score (nSPS) is 12.6. The van der Waals surface area contributed by atoms with Crippen LogP contribution < -0.4 is 5.32 Å². The number of allylic oxidation sites excluding steroid dienone is 2. The molecule has 6 heteroatoms. The molecule has 69 heavy (non-hydrogen) atoms. The zero-order valence-corrected chi connectivity index (χ0v) is 46.8. The molecular formula is C63H123NO5. The molecule has 0 aliphatic heterocycles. The number of amides is 1. The van der Waals surface area contributed by atoms with Crippen molar-refractivity contribution in [3.05, 3.63) is 12.2 Å². The van der Waals surface area contributed by atoms with Crippen LogP contribution in [-0.4, -0.2) is 47.4 Å². The Morgan fingerprint density at radius 3 is 1.03 bits per heavy atom. The van der Waals surface area contributed by atoms with Gasteiger partial charge >= 0.3 is 5.97 Å². The Hall–Kier alpha value is -1.40. The Bertz CT molecular complexity index is 1030. The zero-order valence-electron chi connectivity index (χ0n) is 46.8. The van der Waals surface area contributed by atoms with Gasteiger partial charge in [0.05, 0.1) is 25.4 Å². The van der Waals surface area contributed by atoms with Crippen LogP contribution in [0, 0.1) is 0 Å². The second-order valence-electron chi connectivity index (χ2n) is 21.7. The van der Waals surface area contributed by atoms with E-state index in [9.17, 15) is 19.8 Å². The van der Waals surface area contributed by atoms with Gasteiger partial charge in [0.25, 0.3) is 0 Å². The maximum absolute atomic E-state index is 12.5. The number of unbranched alkanes of at least 4 members (excludes halogenated alkanes) is 46. The van der Waals surface area contributed by atoms with Crippen molar-refractivity contribution in [2.45, 2.75) is 366 Å². The molecule has 0 radical (unpaired) electrons. The van der Waals surface area contributed by atoms with Crippen LogP contribution in [0.2, 0.25) is 0 Å². The molecule has 0 aliphatic carbocycles. The third-order valence-corrected chi connectivity index (χ3v) is 14.8. The molecule has 0 rings (SSSR count). The third-order valence-electron chi connectivity index (χ3n) is 14.8. The zero-order chi connectivity index (χ0) is 50.0. The SMILES string of the molecule is CCCCCCCCCCCCCCCCCCCCCC(O)C(CO)NC(=O)CCCCCCCCC/C=C\CCCCCCCCCCCOC(=O)CCCCCCCCCCCCCCC. The minimum Gasteiger partial charge on any atom is -0.466 e. The molecule has 0 saturated carbocycles. The van der Waals surface area contributed by atoms with E-state index in [4.69, 9.17) is 4.74 Å². The smallest absolute Gasteiger partial charge is 0.305 e. The molecule has 0 fully saturated rings. The lowest BCUT2D eigenvalue weighted by atomic mass is 10.0. The van der Waals surface area contributed by atoms with Crippen LogP contribution in [-0.2, 0) is 14.3 Å². The Morgan fingerprint density at radius 2 is 0.681 bits per heavy atom. The van der Waals surface area contributed by atoms with E-state index in [1.807, 2.05) is 0 Å². The number of nitrogens with one attached hydrogen (secondary N) is 1. The first-order valence-electron chi connectivity index (χ1n) is 31.4. The largest absolute Gasteiger partial charge is 0.466 e. The molecule has 0 aromatic heterocycles. The molecule has 0 saturated heterocycles. The van der Waals surface area contributed by atoms with E-state index in [0.717, 1.165) is 38.5 Å². The Kier molecular flexibility index (Phi) is 58.0. The van der Waals surface area contributed by atoms with E-state index in [1.165, 1.54) is 283 Å². The van der Waals surface area contributed by atoms with Crippen LogP contribution in [0.25, 0.3) is 0 Å². The summed E-state index contributed by atoms with van der Waals surface area (Å²) in [6, 6.07) is -0.548. The molecule has 3 N–H and O–H groups in total. The van der Waals surface area contributed by atoms with Gasteiger partial charge in [-0.2, -0.15) is 0 Å². The van der Waals surface area contributed by atoms with Crippen molar-refractivity contribution in [3.8, 4) is 0 Å². The number of aliphatic hydroxyl groups is 2. The lowest BCUT2D eigenvalue weighted by Gasteiger charge is -2.22. The van der Waals surface area contributed by atoms with E-state index in [0.29, 0.717) is 25.9 Å². The molecule has 0 spiro atoms. The molecule has 0 heterocycles. The second-order valence-corrected chi connectivity index (χ2v) is 21.7. The van der Waals surface area contributed by atoms with E-state index < -0.39 is 12.1 Å². The third kappa shape index (κ3) is 55.8. The average Bonchev–Trinajstić information content (AvgIpc) is 3.35. The topological polar surface area (TPSA) is 95.9 Å². The number of carbonyl (C=O) groups excluding carboxylic acids is 2. The van der Waals surface area contributed by atoms with E-state index in [-0.39, 0.29) is 18.5 Å². The molecule has 0 aliphatic rings. The van der Waals surface area contributed by atoms with Crippen LogP contribution in [0.4, 0.5) is 0 Å². The summed E-state index contributed by atoms with van der Waals surface area (Å²) in [5.41, 5.74) is 0. The summed E-state index contributed by atoms with van der Waals surface area (Å²) >= 11 is 0. The van der Waals surface area contributed by atoms with Crippen LogP contribution in [0.15, 0.2) is 12.2 Å². The van der Waals surface area contributed by atoms with E-state index >= 15 is 0 Å². The summed E-state index contributed by atoms with van der Waals surface area (Å²) in [6.07, 6.45) is 70.7. The highest BCUT2D eigenvalue weighted by atomic mass is 16.5. The van der Waals surface area contributed by atoms with Crippen molar-refractivity contribution in [3.63, 3.8) is 0 Å². The van der Waals surface area contributed by atoms with Crippen molar-refractivity contribution in [2.75, 3.05) is 13.2 Å². The molecule has 2 atom stereocenters.